The van der Waals surface area contributed by atoms with Crippen molar-refractivity contribution in [2.24, 2.45) is 4.99 Å². The van der Waals surface area contributed by atoms with Crippen LogP contribution >= 0.6 is 0 Å². The molecule has 1 heterocycles. The molecule has 0 fully saturated rings. The van der Waals surface area contributed by atoms with Crippen molar-refractivity contribution >= 4 is 21.8 Å². The Balaban J connectivity index is 1.57. The number of amidine groups is 1. The first kappa shape index (κ1) is 17.2. The zero-order valence-electron chi connectivity index (χ0n) is 13.8. The smallest absolute Gasteiger partial charge is 0.263 e. The van der Waals surface area contributed by atoms with Crippen LogP contribution in [-0.4, -0.2) is 33.3 Å². The molecule has 1 aliphatic rings. The molecule has 0 aliphatic carbocycles. The number of hydrogen-bond acceptors (Lipinski definition) is 4. The van der Waals surface area contributed by atoms with Crippen molar-refractivity contribution in [1.82, 2.24) is 10.0 Å². The van der Waals surface area contributed by atoms with Crippen LogP contribution in [0, 0.1) is 6.92 Å². The van der Waals surface area contributed by atoms with Gasteiger partial charge < -0.3 is 5.32 Å². The zero-order chi connectivity index (χ0) is 17.9. The van der Waals surface area contributed by atoms with Crippen LogP contribution in [0.1, 0.15) is 16.7 Å². The highest BCUT2D eigenvalue weighted by atomic mass is 32.2. The Morgan fingerprint density at radius 2 is 1.96 bits per heavy atom. The lowest BCUT2D eigenvalue weighted by molar-refractivity contribution is -0.119. The first-order valence-corrected chi connectivity index (χ1v) is 9.43. The van der Waals surface area contributed by atoms with Crippen molar-refractivity contribution in [3.8, 4) is 0 Å². The molecule has 7 heteroatoms. The summed E-state index contributed by atoms with van der Waals surface area (Å²) in [5.41, 5.74) is 2.83. The van der Waals surface area contributed by atoms with Crippen LogP contribution < -0.4 is 10.0 Å². The highest BCUT2D eigenvalue weighted by Crippen LogP contribution is 2.21. The summed E-state index contributed by atoms with van der Waals surface area (Å²) >= 11 is 0. The van der Waals surface area contributed by atoms with Gasteiger partial charge in [0.1, 0.15) is 12.4 Å². The predicted octanol–water partition coefficient (Wildman–Crippen LogP) is 1.39. The molecule has 2 aromatic carbocycles. The number of nitrogens with one attached hydrogen (secondary N) is 2. The second kappa shape index (κ2) is 7.06. The van der Waals surface area contributed by atoms with Gasteiger partial charge in [-0.25, -0.2) is 8.42 Å². The van der Waals surface area contributed by atoms with Crippen molar-refractivity contribution < 1.29 is 13.2 Å². The van der Waals surface area contributed by atoms with Crippen molar-refractivity contribution in [1.29, 1.82) is 0 Å². The SMILES string of the molecule is Cc1cccc(CCNC(=O)CN=C2NS(=O)(=O)c3ccccc32)c1. The summed E-state index contributed by atoms with van der Waals surface area (Å²) in [7, 11) is -3.57. The van der Waals surface area contributed by atoms with Crippen molar-refractivity contribution in [3.63, 3.8) is 0 Å². The second-order valence-corrected chi connectivity index (χ2v) is 7.51. The minimum atomic E-state index is -3.57. The van der Waals surface area contributed by atoms with Crippen LogP contribution in [0.15, 0.2) is 58.4 Å². The molecular weight excluding hydrogens is 338 g/mol. The normalized spacial score (nSPS) is 16.3. The lowest BCUT2D eigenvalue weighted by atomic mass is 10.1. The molecule has 0 aromatic heterocycles. The number of aryl methyl sites for hydroxylation is 1. The molecule has 2 aromatic rings. The summed E-state index contributed by atoms with van der Waals surface area (Å²) in [4.78, 5) is 16.2. The van der Waals surface area contributed by atoms with E-state index in [9.17, 15) is 13.2 Å². The molecule has 2 N–H and O–H groups in total. The maximum absolute atomic E-state index is 12.0. The van der Waals surface area contributed by atoms with Crippen LogP contribution in [0.5, 0.6) is 0 Å². The maximum Gasteiger partial charge on any atom is 0.263 e. The molecule has 3 rings (SSSR count). The highest BCUT2D eigenvalue weighted by Gasteiger charge is 2.30. The molecule has 0 unspecified atom stereocenters. The zero-order valence-corrected chi connectivity index (χ0v) is 14.6. The molecule has 0 saturated carbocycles. The quantitative estimate of drug-likeness (QED) is 0.848. The van der Waals surface area contributed by atoms with Gasteiger partial charge in [0.25, 0.3) is 10.0 Å². The van der Waals surface area contributed by atoms with Crippen molar-refractivity contribution in [2.45, 2.75) is 18.2 Å². The van der Waals surface area contributed by atoms with Crippen LogP contribution in [0.2, 0.25) is 0 Å². The van der Waals surface area contributed by atoms with Gasteiger partial charge in [0.05, 0.1) is 4.90 Å². The minimum absolute atomic E-state index is 0.125. The molecule has 0 bridgehead atoms. The van der Waals surface area contributed by atoms with E-state index in [2.05, 4.69) is 21.1 Å². The molecule has 1 aliphatic heterocycles. The number of carbonyl (C=O) groups is 1. The summed E-state index contributed by atoms with van der Waals surface area (Å²) in [6.07, 6.45) is 0.736. The van der Waals surface area contributed by atoms with Gasteiger partial charge in [-0.1, -0.05) is 42.0 Å². The topological polar surface area (TPSA) is 87.6 Å². The standard InChI is InChI=1S/C18H19N3O3S/c1-13-5-4-6-14(11-13)9-10-19-17(22)12-20-18-15-7-2-3-8-16(15)25(23,24)21-18/h2-8,11H,9-10,12H2,1H3,(H,19,22)(H,20,21). The van der Waals surface area contributed by atoms with E-state index in [1.54, 1.807) is 18.2 Å². The van der Waals surface area contributed by atoms with Gasteiger partial charge >= 0.3 is 0 Å². The molecule has 0 atom stereocenters. The third-order valence-corrected chi connectivity index (χ3v) is 5.26. The Bertz CT molecular complexity index is 936. The van der Waals surface area contributed by atoms with Gasteiger partial charge in [0.2, 0.25) is 5.91 Å². The van der Waals surface area contributed by atoms with Crippen molar-refractivity contribution in [2.75, 3.05) is 13.1 Å². The molecule has 130 valence electrons. The van der Waals surface area contributed by atoms with E-state index < -0.39 is 10.0 Å². The Morgan fingerprint density at radius 1 is 1.16 bits per heavy atom. The number of aliphatic imine (C=N–C) groups is 1. The third-order valence-electron chi connectivity index (χ3n) is 3.86. The Labute approximate surface area is 147 Å². The largest absolute Gasteiger partial charge is 0.354 e. The summed E-state index contributed by atoms with van der Waals surface area (Å²) in [5.74, 6) is -0.0341. The number of benzene rings is 2. The number of nitrogens with zero attached hydrogens (tertiary/aromatic N) is 1. The van der Waals surface area contributed by atoms with E-state index in [0.717, 1.165) is 12.0 Å². The van der Waals surface area contributed by atoms with E-state index in [1.165, 1.54) is 11.6 Å². The lowest BCUT2D eigenvalue weighted by Crippen LogP contribution is -2.29. The predicted molar refractivity (Wildman–Crippen MR) is 96.1 cm³/mol. The molecule has 1 amide bonds. The van der Waals surface area contributed by atoms with Gasteiger partial charge in [-0.2, -0.15) is 0 Å². The Kier molecular flexibility index (Phi) is 4.85. The van der Waals surface area contributed by atoms with Crippen LogP contribution in [0.3, 0.4) is 0 Å². The molecule has 0 saturated heterocycles. The molecule has 0 spiro atoms. The Hall–Kier alpha value is -2.67. The van der Waals surface area contributed by atoms with Gasteiger partial charge in [-0.05, 0) is 31.0 Å². The van der Waals surface area contributed by atoms with Crippen LogP contribution in [0.4, 0.5) is 0 Å². The number of carbonyl (C=O) groups excluding carboxylic acids is 1. The van der Waals surface area contributed by atoms with Gasteiger partial charge in [0, 0.05) is 12.1 Å². The fourth-order valence-corrected chi connectivity index (χ4v) is 3.92. The van der Waals surface area contributed by atoms with E-state index >= 15 is 0 Å². The molecule has 25 heavy (non-hydrogen) atoms. The number of rotatable bonds is 5. The van der Waals surface area contributed by atoms with Gasteiger partial charge in [-0.3, -0.25) is 14.5 Å². The molecular formula is C18H19N3O3S. The van der Waals surface area contributed by atoms with E-state index in [-0.39, 0.29) is 23.2 Å². The third kappa shape index (κ3) is 4.06. The average molecular weight is 357 g/mol. The summed E-state index contributed by atoms with van der Waals surface area (Å²) in [5, 5.41) is 2.80. The van der Waals surface area contributed by atoms with E-state index in [1.807, 2.05) is 25.1 Å². The maximum atomic E-state index is 12.0. The number of amides is 1. The first-order valence-electron chi connectivity index (χ1n) is 7.94. The van der Waals surface area contributed by atoms with E-state index in [4.69, 9.17) is 0 Å². The highest BCUT2D eigenvalue weighted by molar-refractivity contribution is 7.90. The average Bonchev–Trinajstić information content (AvgIpc) is 2.84. The summed E-state index contributed by atoms with van der Waals surface area (Å²) < 4.78 is 26.3. The fraction of sp³-hybridized carbons (Fsp3) is 0.222. The summed E-state index contributed by atoms with van der Waals surface area (Å²) in [6, 6.07) is 14.7. The van der Waals surface area contributed by atoms with E-state index in [0.29, 0.717) is 12.1 Å². The van der Waals surface area contributed by atoms with Gasteiger partial charge in [0.15, 0.2) is 0 Å². The van der Waals surface area contributed by atoms with Gasteiger partial charge in [-0.15, -0.1) is 0 Å². The Morgan fingerprint density at radius 3 is 2.76 bits per heavy atom. The fourth-order valence-electron chi connectivity index (χ4n) is 2.67. The number of hydrogen-bond donors (Lipinski definition) is 2. The van der Waals surface area contributed by atoms with Crippen LogP contribution in [-0.2, 0) is 21.2 Å². The number of fused-ring (bicyclic) bond motifs is 1. The minimum Gasteiger partial charge on any atom is -0.354 e. The summed E-state index contributed by atoms with van der Waals surface area (Å²) in [6.45, 7) is 2.41. The second-order valence-electron chi connectivity index (χ2n) is 5.86. The monoisotopic (exact) mass is 357 g/mol. The van der Waals surface area contributed by atoms with Crippen LogP contribution in [0.25, 0.3) is 0 Å². The first-order chi connectivity index (χ1) is 12.0. The molecule has 6 nitrogen and oxygen atoms in total. The lowest BCUT2D eigenvalue weighted by Gasteiger charge is -2.05. The molecule has 0 radical (unpaired) electrons. The van der Waals surface area contributed by atoms with Crippen molar-refractivity contribution in [3.05, 3.63) is 65.2 Å². The number of sulfonamides is 1.